The highest BCUT2D eigenvalue weighted by Crippen LogP contribution is 2.36. The number of hydrogen-bond acceptors (Lipinski definition) is 3. The van der Waals surface area contributed by atoms with Gasteiger partial charge < -0.3 is 9.30 Å². The summed E-state index contributed by atoms with van der Waals surface area (Å²) in [5.41, 5.74) is 2.35. The van der Waals surface area contributed by atoms with Crippen LogP contribution in [0.3, 0.4) is 0 Å². The van der Waals surface area contributed by atoms with E-state index in [9.17, 15) is 5.26 Å². The first-order chi connectivity index (χ1) is 12.6. The van der Waals surface area contributed by atoms with Gasteiger partial charge in [-0.05, 0) is 55.0 Å². The van der Waals surface area contributed by atoms with Crippen LogP contribution in [-0.4, -0.2) is 11.2 Å². The summed E-state index contributed by atoms with van der Waals surface area (Å²) >= 11 is 13.5. The molecule has 0 aliphatic heterocycles. The van der Waals surface area contributed by atoms with Gasteiger partial charge in [0.25, 0.3) is 0 Å². The molecule has 26 heavy (non-hydrogen) atoms. The fourth-order valence-corrected chi connectivity index (χ4v) is 3.74. The van der Waals surface area contributed by atoms with Gasteiger partial charge in [-0.25, -0.2) is 0 Å². The molecule has 3 rings (SSSR count). The van der Waals surface area contributed by atoms with Crippen LogP contribution in [-0.2, 0) is 11.5 Å². The highest BCUT2D eigenvalue weighted by molar-refractivity contribution is 7.99. The Kier molecular flexibility index (Phi) is 6.29. The zero-order chi connectivity index (χ0) is 18.5. The van der Waals surface area contributed by atoms with Crippen LogP contribution in [0.5, 0.6) is 0 Å². The molecule has 0 saturated carbocycles. The molecule has 0 aliphatic carbocycles. The molecule has 0 fully saturated rings. The van der Waals surface area contributed by atoms with Gasteiger partial charge in [0.2, 0.25) is 0 Å². The van der Waals surface area contributed by atoms with Gasteiger partial charge in [0.05, 0.1) is 16.3 Å². The zero-order valence-electron chi connectivity index (χ0n) is 14.1. The van der Waals surface area contributed by atoms with Crippen molar-refractivity contribution in [2.45, 2.75) is 23.6 Å². The highest BCUT2D eigenvalue weighted by Gasteiger charge is 2.18. The van der Waals surface area contributed by atoms with Crippen molar-refractivity contribution in [3.05, 3.63) is 70.2 Å². The zero-order valence-corrected chi connectivity index (χ0v) is 16.4. The second-order valence-corrected chi connectivity index (χ2v) is 7.44. The summed E-state index contributed by atoms with van der Waals surface area (Å²) in [5, 5.41) is 11.9. The standard InChI is InChI=1S/C20H16Cl2N2OS/c1-2-25-13-24-19(26-18-9-7-17(22)8-10-18)11-15(12-23)20(24)14-3-5-16(21)6-4-14/h3-11H,2,13H2,1H3. The second kappa shape index (κ2) is 8.66. The highest BCUT2D eigenvalue weighted by atomic mass is 35.5. The smallest absolute Gasteiger partial charge is 0.123 e. The molecule has 2 aromatic carbocycles. The molecule has 0 radical (unpaired) electrons. The Morgan fingerprint density at radius 3 is 2.23 bits per heavy atom. The SMILES string of the molecule is CCOCn1c(Sc2ccc(Cl)cc2)cc(C#N)c1-c1ccc(Cl)cc1. The lowest BCUT2D eigenvalue weighted by molar-refractivity contribution is 0.0840. The number of nitriles is 1. The van der Waals surface area contributed by atoms with E-state index in [1.165, 1.54) is 0 Å². The van der Waals surface area contributed by atoms with E-state index >= 15 is 0 Å². The van der Waals surface area contributed by atoms with Crippen LogP contribution in [0.1, 0.15) is 12.5 Å². The van der Waals surface area contributed by atoms with E-state index in [2.05, 4.69) is 6.07 Å². The Morgan fingerprint density at radius 2 is 1.65 bits per heavy atom. The minimum absolute atomic E-state index is 0.367. The van der Waals surface area contributed by atoms with Gasteiger partial charge >= 0.3 is 0 Å². The van der Waals surface area contributed by atoms with Crippen molar-refractivity contribution < 1.29 is 4.74 Å². The predicted molar refractivity (Wildman–Crippen MR) is 107 cm³/mol. The number of rotatable bonds is 6. The first-order valence-corrected chi connectivity index (χ1v) is 9.60. The lowest BCUT2D eigenvalue weighted by atomic mass is 10.1. The van der Waals surface area contributed by atoms with Crippen molar-refractivity contribution in [2.75, 3.05) is 6.61 Å². The fourth-order valence-electron chi connectivity index (χ4n) is 2.55. The number of halogens is 2. The molecular weight excluding hydrogens is 387 g/mol. The summed E-state index contributed by atoms with van der Waals surface area (Å²) in [5.74, 6) is 0. The van der Waals surface area contributed by atoms with Crippen LogP contribution in [0, 0.1) is 11.3 Å². The topological polar surface area (TPSA) is 38.0 Å². The molecule has 0 atom stereocenters. The third kappa shape index (κ3) is 4.25. The molecule has 3 aromatic rings. The Balaban J connectivity index is 2.07. The summed E-state index contributed by atoms with van der Waals surface area (Å²) < 4.78 is 7.67. The first kappa shape index (κ1) is 18.9. The van der Waals surface area contributed by atoms with E-state index in [0.29, 0.717) is 28.9 Å². The molecule has 1 heterocycles. The van der Waals surface area contributed by atoms with E-state index in [1.807, 2.05) is 66.1 Å². The van der Waals surface area contributed by atoms with Crippen molar-refractivity contribution in [1.29, 1.82) is 5.26 Å². The van der Waals surface area contributed by atoms with Crippen LogP contribution in [0.2, 0.25) is 10.0 Å². The van der Waals surface area contributed by atoms with Gasteiger partial charge in [0, 0.05) is 21.5 Å². The van der Waals surface area contributed by atoms with Gasteiger partial charge in [-0.1, -0.05) is 47.1 Å². The lowest BCUT2D eigenvalue weighted by Gasteiger charge is -2.13. The van der Waals surface area contributed by atoms with Crippen LogP contribution < -0.4 is 0 Å². The minimum Gasteiger partial charge on any atom is -0.361 e. The Hall–Kier alpha value is -1.90. The van der Waals surface area contributed by atoms with Crippen molar-refractivity contribution >= 4 is 35.0 Å². The molecule has 1 aromatic heterocycles. The third-order valence-electron chi connectivity index (χ3n) is 3.76. The lowest BCUT2D eigenvalue weighted by Crippen LogP contribution is -2.05. The maximum absolute atomic E-state index is 9.64. The molecule has 132 valence electrons. The monoisotopic (exact) mass is 402 g/mol. The second-order valence-electron chi connectivity index (χ2n) is 5.47. The summed E-state index contributed by atoms with van der Waals surface area (Å²) in [6.45, 7) is 2.90. The molecule has 0 saturated heterocycles. The van der Waals surface area contributed by atoms with Gasteiger partial charge in [-0.15, -0.1) is 0 Å². The molecular formula is C20H16Cl2N2OS. The average molecular weight is 403 g/mol. The Labute approximate surface area is 167 Å². The molecule has 0 amide bonds. The molecule has 0 aliphatic rings. The van der Waals surface area contributed by atoms with Gasteiger partial charge in [0.1, 0.15) is 12.8 Å². The minimum atomic E-state index is 0.367. The van der Waals surface area contributed by atoms with E-state index in [4.69, 9.17) is 27.9 Å². The average Bonchev–Trinajstić information content (AvgIpc) is 3.00. The van der Waals surface area contributed by atoms with Crippen molar-refractivity contribution in [1.82, 2.24) is 4.57 Å². The van der Waals surface area contributed by atoms with Crippen LogP contribution in [0.4, 0.5) is 0 Å². The predicted octanol–water partition coefficient (Wildman–Crippen LogP) is 6.48. The molecule has 0 N–H and O–H groups in total. The maximum Gasteiger partial charge on any atom is 0.123 e. The third-order valence-corrected chi connectivity index (χ3v) is 5.32. The summed E-state index contributed by atoms with van der Waals surface area (Å²) in [4.78, 5) is 1.04. The number of nitrogens with zero attached hydrogens (tertiary/aromatic N) is 2. The summed E-state index contributed by atoms with van der Waals surface area (Å²) in [6.07, 6.45) is 0. The molecule has 0 bridgehead atoms. The number of benzene rings is 2. The summed E-state index contributed by atoms with van der Waals surface area (Å²) in [7, 11) is 0. The van der Waals surface area contributed by atoms with Gasteiger partial charge in [0.15, 0.2) is 0 Å². The van der Waals surface area contributed by atoms with E-state index < -0.39 is 0 Å². The van der Waals surface area contributed by atoms with Gasteiger partial charge in [-0.2, -0.15) is 5.26 Å². The molecule has 6 heteroatoms. The normalized spacial score (nSPS) is 10.7. The Bertz CT molecular complexity index is 928. The quantitative estimate of drug-likeness (QED) is 0.473. The number of hydrogen-bond donors (Lipinski definition) is 0. The molecule has 3 nitrogen and oxygen atoms in total. The van der Waals surface area contributed by atoms with Crippen molar-refractivity contribution in [3.63, 3.8) is 0 Å². The van der Waals surface area contributed by atoms with Gasteiger partial charge in [-0.3, -0.25) is 0 Å². The largest absolute Gasteiger partial charge is 0.361 e. The van der Waals surface area contributed by atoms with Crippen LogP contribution in [0.15, 0.2) is 64.5 Å². The van der Waals surface area contributed by atoms with E-state index in [1.54, 1.807) is 11.8 Å². The maximum atomic E-state index is 9.64. The van der Waals surface area contributed by atoms with E-state index in [-0.39, 0.29) is 0 Å². The van der Waals surface area contributed by atoms with Crippen LogP contribution >= 0.6 is 35.0 Å². The molecule has 0 spiro atoms. The first-order valence-electron chi connectivity index (χ1n) is 8.03. The molecule has 0 unspecified atom stereocenters. The Morgan fingerprint density at radius 1 is 1.04 bits per heavy atom. The van der Waals surface area contributed by atoms with Crippen LogP contribution in [0.25, 0.3) is 11.3 Å². The summed E-state index contributed by atoms with van der Waals surface area (Å²) in [6, 6.07) is 19.3. The van der Waals surface area contributed by atoms with Crippen molar-refractivity contribution in [2.24, 2.45) is 0 Å². The number of ether oxygens (including phenoxy) is 1. The van der Waals surface area contributed by atoms with E-state index in [0.717, 1.165) is 21.2 Å². The number of aromatic nitrogens is 1. The van der Waals surface area contributed by atoms with Crippen molar-refractivity contribution in [3.8, 4) is 17.3 Å². The fraction of sp³-hybridized carbons (Fsp3) is 0.150.